The Labute approximate surface area is 277 Å². The summed E-state index contributed by atoms with van der Waals surface area (Å²) in [5, 5.41) is 0. The maximum absolute atomic E-state index is 12.8. The number of allylic oxidation sites excluding steroid dienone is 2. The molecule has 0 aliphatic rings. The summed E-state index contributed by atoms with van der Waals surface area (Å²) in [5.74, 6) is -0.179. The van der Waals surface area contributed by atoms with E-state index in [1.54, 1.807) is 24.3 Å². The molecule has 0 radical (unpaired) electrons. The Hall–Kier alpha value is -4.05. The lowest BCUT2D eigenvalue weighted by molar-refractivity contribution is 0.347. The van der Waals surface area contributed by atoms with Crippen LogP contribution in [0.15, 0.2) is 76.7 Å². The highest BCUT2D eigenvalue weighted by atomic mass is 32.2. The van der Waals surface area contributed by atoms with Gasteiger partial charge in [0.25, 0.3) is 0 Å². The highest BCUT2D eigenvalue weighted by Gasteiger charge is 2.27. The van der Waals surface area contributed by atoms with E-state index >= 15 is 0 Å². The van der Waals surface area contributed by atoms with Crippen LogP contribution in [0.3, 0.4) is 0 Å². The summed E-state index contributed by atoms with van der Waals surface area (Å²) in [6.45, 7) is 7.75. The second kappa shape index (κ2) is 15.2. The van der Waals surface area contributed by atoms with E-state index in [-0.39, 0.29) is 57.9 Å². The van der Waals surface area contributed by atoms with Gasteiger partial charge in [0.05, 0.1) is 37.2 Å². The summed E-state index contributed by atoms with van der Waals surface area (Å²) in [5.41, 5.74) is 3.08. The minimum Gasteiger partial charge on any atom is -0.496 e. The zero-order valence-electron chi connectivity index (χ0n) is 27.4. The van der Waals surface area contributed by atoms with Gasteiger partial charge in [-0.25, -0.2) is 13.1 Å². The SMILES string of the molecule is COc1cc(-c2ccc(S(=O)(=O)NCC=C(C)C)cc2)c(OC)c(OS(C)(=O)=O)c1-c1ccc(OCC=C(C)C)c(OS(C)(=O)=O)c1. The fourth-order valence-corrected chi connectivity index (χ4v) is 6.14. The summed E-state index contributed by atoms with van der Waals surface area (Å²) in [6, 6.07) is 11.8. The summed E-state index contributed by atoms with van der Waals surface area (Å²) in [7, 11) is -9.30. The Bertz CT molecular complexity index is 1990. The largest absolute Gasteiger partial charge is 0.496 e. The van der Waals surface area contributed by atoms with E-state index in [0.717, 1.165) is 23.7 Å². The number of ether oxygens (including phenoxy) is 3. The lowest BCUT2D eigenvalue weighted by Crippen LogP contribution is -2.23. The molecule has 1 N–H and O–H groups in total. The monoisotopic (exact) mass is 709 g/mol. The third-order valence-corrected chi connectivity index (χ3v) is 8.71. The second-order valence-electron chi connectivity index (χ2n) is 10.9. The van der Waals surface area contributed by atoms with E-state index in [4.69, 9.17) is 22.6 Å². The van der Waals surface area contributed by atoms with Crippen LogP contribution >= 0.6 is 0 Å². The molecule has 0 saturated carbocycles. The van der Waals surface area contributed by atoms with E-state index in [1.165, 1.54) is 50.6 Å². The molecule has 0 spiro atoms. The Morgan fingerprint density at radius 3 is 1.81 bits per heavy atom. The van der Waals surface area contributed by atoms with E-state index in [2.05, 4.69) is 4.72 Å². The molecule has 0 amide bonds. The Morgan fingerprint density at radius 1 is 0.681 bits per heavy atom. The third kappa shape index (κ3) is 10.5. The third-order valence-electron chi connectivity index (χ3n) is 6.32. The molecule has 3 aromatic rings. The van der Waals surface area contributed by atoms with Crippen LogP contribution in [0.5, 0.6) is 28.7 Å². The topological polar surface area (TPSA) is 161 Å². The fourth-order valence-electron chi connectivity index (χ4n) is 4.26. The molecule has 0 aromatic heterocycles. The van der Waals surface area contributed by atoms with Crippen molar-refractivity contribution in [2.24, 2.45) is 0 Å². The Morgan fingerprint density at radius 2 is 1.28 bits per heavy atom. The molecule has 47 heavy (non-hydrogen) atoms. The van der Waals surface area contributed by atoms with Gasteiger partial charge in [-0.2, -0.15) is 16.8 Å². The van der Waals surface area contributed by atoms with E-state index in [9.17, 15) is 25.3 Å². The maximum Gasteiger partial charge on any atom is 0.306 e. The number of nitrogens with one attached hydrogen (secondary N) is 1. The Kier molecular flexibility index (Phi) is 12.1. The van der Waals surface area contributed by atoms with Crippen molar-refractivity contribution >= 4 is 30.3 Å². The minimum absolute atomic E-state index is 0.0158. The predicted octanol–water partition coefficient (Wildman–Crippen LogP) is 5.30. The van der Waals surface area contributed by atoms with Crippen LogP contribution in [0.2, 0.25) is 0 Å². The molecule has 0 fully saturated rings. The van der Waals surface area contributed by atoms with Gasteiger partial charge in [-0.3, -0.25) is 0 Å². The van der Waals surface area contributed by atoms with Crippen LogP contribution < -0.4 is 27.3 Å². The van der Waals surface area contributed by atoms with Gasteiger partial charge in [0.15, 0.2) is 23.0 Å². The zero-order chi connectivity index (χ0) is 35.2. The van der Waals surface area contributed by atoms with Crippen LogP contribution in [-0.4, -0.2) is 65.1 Å². The summed E-state index contributed by atoms with van der Waals surface area (Å²) < 4.78 is 105. The van der Waals surface area contributed by atoms with Crippen LogP contribution in [0.1, 0.15) is 27.7 Å². The van der Waals surface area contributed by atoms with Crippen molar-refractivity contribution in [1.82, 2.24) is 4.72 Å². The quantitative estimate of drug-likeness (QED) is 0.161. The van der Waals surface area contributed by atoms with Gasteiger partial charge in [-0.15, -0.1) is 0 Å². The first-order chi connectivity index (χ1) is 21.8. The second-order valence-corrected chi connectivity index (χ2v) is 15.8. The van der Waals surface area contributed by atoms with Crippen molar-refractivity contribution in [1.29, 1.82) is 0 Å². The summed E-state index contributed by atoms with van der Waals surface area (Å²) in [6.07, 6.45) is 5.28. The van der Waals surface area contributed by atoms with Gasteiger partial charge >= 0.3 is 20.2 Å². The van der Waals surface area contributed by atoms with Crippen LogP contribution in [0.4, 0.5) is 0 Å². The molecule has 256 valence electrons. The molecule has 3 aromatic carbocycles. The number of benzene rings is 3. The molecular formula is C32H39NO11S3. The first-order valence-corrected chi connectivity index (χ1v) is 19.2. The number of methoxy groups -OCH3 is 2. The summed E-state index contributed by atoms with van der Waals surface area (Å²) in [4.78, 5) is 0.0175. The molecule has 0 aliphatic carbocycles. The highest BCUT2D eigenvalue weighted by Crippen LogP contribution is 2.51. The van der Waals surface area contributed by atoms with Crippen molar-refractivity contribution in [3.05, 3.63) is 71.8 Å². The van der Waals surface area contributed by atoms with Crippen molar-refractivity contribution < 1.29 is 47.8 Å². The maximum atomic E-state index is 12.8. The van der Waals surface area contributed by atoms with Gasteiger partial charge < -0.3 is 22.6 Å². The number of sulfonamides is 1. The number of rotatable bonds is 15. The molecule has 15 heteroatoms. The lowest BCUT2D eigenvalue weighted by Gasteiger charge is -2.21. The van der Waals surface area contributed by atoms with Crippen molar-refractivity contribution in [2.75, 3.05) is 39.9 Å². The van der Waals surface area contributed by atoms with Crippen molar-refractivity contribution in [3.8, 4) is 51.0 Å². The predicted molar refractivity (Wildman–Crippen MR) is 181 cm³/mol. The van der Waals surface area contributed by atoms with Gasteiger partial charge in [-0.05, 0) is 75.2 Å². The van der Waals surface area contributed by atoms with Crippen molar-refractivity contribution in [3.63, 3.8) is 0 Å². The average Bonchev–Trinajstić information content (AvgIpc) is 2.95. The highest BCUT2D eigenvalue weighted by molar-refractivity contribution is 7.89. The molecular weight excluding hydrogens is 671 g/mol. The van der Waals surface area contributed by atoms with Crippen LogP contribution in [-0.2, 0) is 30.3 Å². The van der Waals surface area contributed by atoms with Crippen molar-refractivity contribution in [2.45, 2.75) is 32.6 Å². The number of hydrogen-bond donors (Lipinski definition) is 1. The van der Waals surface area contributed by atoms with Gasteiger partial charge in [-0.1, -0.05) is 35.4 Å². The zero-order valence-corrected chi connectivity index (χ0v) is 29.9. The fraction of sp³-hybridized carbons (Fsp3) is 0.312. The van der Waals surface area contributed by atoms with Gasteiger partial charge in [0.1, 0.15) is 12.4 Å². The number of hydrogen-bond acceptors (Lipinski definition) is 11. The van der Waals surface area contributed by atoms with Crippen LogP contribution in [0.25, 0.3) is 22.3 Å². The Balaban J connectivity index is 2.25. The van der Waals surface area contributed by atoms with E-state index < -0.39 is 30.3 Å². The molecule has 0 aliphatic heterocycles. The molecule has 0 bridgehead atoms. The van der Waals surface area contributed by atoms with Gasteiger partial charge in [0, 0.05) is 12.1 Å². The average molecular weight is 710 g/mol. The van der Waals surface area contributed by atoms with E-state index in [1.807, 2.05) is 27.7 Å². The molecule has 3 rings (SSSR count). The van der Waals surface area contributed by atoms with Gasteiger partial charge in [0.2, 0.25) is 10.0 Å². The molecule has 0 saturated heterocycles. The molecule has 0 atom stereocenters. The first-order valence-electron chi connectivity index (χ1n) is 14.1. The lowest BCUT2D eigenvalue weighted by atomic mass is 9.96. The normalized spacial score (nSPS) is 11.7. The standard InChI is InChI=1S/C32H39NO11S3/c1-21(2)15-17-33-47(38,39)25-12-9-23(10-13-25)26-20-29(40-5)30(32(31(26)41-6)44-46(8,36)37)24-11-14-27(42-18-16-22(3)4)28(19-24)43-45(7,34)35/h9-16,19-20,33H,17-18H2,1-8H3. The molecule has 0 heterocycles. The first kappa shape index (κ1) is 37.4. The smallest absolute Gasteiger partial charge is 0.306 e. The molecule has 0 unspecified atom stereocenters. The minimum atomic E-state index is -4.16. The van der Waals surface area contributed by atoms with E-state index in [0.29, 0.717) is 11.1 Å². The van der Waals surface area contributed by atoms with Crippen LogP contribution in [0, 0.1) is 0 Å². The summed E-state index contributed by atoms with van der Waals surface area (Å²) >= 11 is 0. The molecule has 12 nitrogen and oxygen atoms in total.